The van der Waals surface area contributed by atoms with Crippen LogP contribution in [0.3, 0.4) is 0 Å². The van der Waals surface area contributed by atoms with Gasteiger partial charge in [0.25, 0.3) is 0 Å². The molecule has 0 bridgehead atoms. The largest absolute Gasteiger partial charge is 0.380 e. The van der Waals surface area contributed by atoms with Crippen LogP contribution in [0.2, 0.25) is 0 Å². The fraction of sp³-hybridized carbons (Fsp3) is 0.357. The predicted molar refractivity (Wildman–Crippen MR) is 87.1 cm³/mol. The summed E-state index contributed by atoms with van der Waals surface area (Å²) in [7, 11) is 0. The highest BCUT2D eigenvalue weighted by Crippen LogP contribution is 2.21. The lowest BCUT2D eigenvalue weighted by Gasteiger charge is -2.19. The summed E-state index contributed by atoms with van der Waals surface area (Å²) in [6.07, 6.45) is 1.90. The zero-order valence-electron chi connectivity index (χ0n) is 11.2. The van der Waals surface area contributed by atoms with Gasteiger partial charge >= 0.3 is 0 Å². The van der Waals surface area contributed by atoms with Gasteiger partial charge in [0.15, 0.2) is 0 Å². The van der Waals surface area contributed by atoms with Gasteiger partial charge in [-0.25, -0.2) is 4.98 Å². The molecule has 0 radical (unpaired) electrons. The molecule has 19 heavy (non-hydrogen) atoms. The molecule has 0 aliphatic carbocycles. The lowest BCUT2D eigenvalue weighted by Crippen LogP contribution is -2.22. The normalized spacial score (nSPS) is 10.5. The molecule has 0 aliphatic heterocycles. The third-order valence-corrected chi connectivity index (χ3v) is 4.51. The number of pyridine rings is 1. The van der Waals surface area contributed by atoms with Gasteiger partial charge < -0.3 is 10.2 Å². The van der Waals surface area contributed by atoms with Crippen LogP contribution >= 0.6 is 27.3 Å². The van der Waals surface area contributed by atoms with E-state index in [2.05, 4.69) is 68.6 Å². The van der Waals surface area contributed by atoms with E-state index in [4.69, 9.17) is 0 Å². The van der Waals surface area contributed by atoms with E-state index in [1.54, 1.807) is 11.3 Å². The molecule has 0 saturated heterocycles. The van der Waals surface area contributed by atoms with Crippen LogP contribution in [0.5, 0.6) is 0 Å². The van der Waals surface area contributed by atoms with Crippen LogP contribution in [-0.4, -0.2) is 18.1 Å². The van der Waals surface area contributed by atoms with Crippen molar-refractivity contribution in [1.29, 1.82) is 0 Å². The van der Waals surface area contributed by atoms with Gasteiger partial charge in [0.2, 0.25) is 0 Å². The van der Waals surface area contributed by atoms with Gasteiger partial charge in [0.05, 0.1) is 15.7 Å². The number of hydrogen-bond donors (Lipinski definition) is 1. The van der Waals surface area contributed by atoms with E-state index in [1.807, 2.05) is 6.20 Å². The second-order valence-corrected chi connectivity index (χ2v) is 6.48. The first-order valence-corrected chi connectivity index (χ1v) is 8.08. The lowest BCUT2D eigenvalue weighted by molar-refractivity contribution is 0.846. The lowest BCUT2D eigenvalue weighted by atomic mass is 10.3. The molecule has 2 rings (SSSR count). The molecule has 3 nitrogen and oxygen atoms in total. The van der Waals surface area contributed by atoms with Crippen LogP contribution in [0.15, 0.2) is 33.6 Å². The van der Waals surface area contributed by atoms with Crippen molar-refractivity contribution in [2.24, 2.45) is 0 Å². The molecule has 2 aromatic rings. The van der Waals surface area contributed by atoms with Gasteiger partial charge in [0.1, 0.15) is 5.82 Å². The molecule has 0 unspecified atom stereocenters. The molecule has 1 N–H and O–H groups in total. The van der Waals surface area contributed by atoms with Crippen molar-refractivity contribution in [2.75, 3.05) is 23.3 Å². The number of halogens is 1. The molecular formula is C14H18BrN3S. The molecule has 0 spiro atoms. The van der Waals surface area contributed by atoms with Gasteiger partial charge in [-0.15, -0.1) is 11.3 Å². The van der Waals surface area contributed by atoms with E-state index < -0.39 is 0 Å². The average molecular weight is 340 g/mol. The van der Waals surface area contributed by atoms with Crippen LogP contribution in [0, 0.1) is 0 Å². The van der Waals surface area contributed by atoms with E-state index in [1.165, 1.54) is 9.35 Å². The second kappa shape index (κ2) is 6.91. The number of anilines is 2. The Morgan fingerprint density at radius 1 is 1.32 bits per heavy atom. The standard InChI is InChI=1S/C14H18BrN3S/c1-3-18(4-2)14-6-5-12(9-17-14)16-8-11-7-13(15)19-10-11/h5-7,9-10,16H,3-4,8H2,1-2H3. The van der Waals surface area contributed by atoms with Gasteiger partial charge in [-0.05, 0) is 58.9 Å². The minimum absolute atomic E-state index is 0.828. The highest BCUT2D eigenvalue weighted by molar-refractivity contribution is 9.11. The van der Waals surface area contributed by atoms with Gasteiger partial charge in [-0.3, -0.25) is 0 Å². The van der Waals surface area contributed by atoms with Crippen LogP contribution in [0.25, 0.3) is 0 Å². The van der Waals surface area contributed by atoms with Crippen molar-refractivity contribution in [2.45, 2.75) is 20.4 Å². The Balaban J connectivity index is 1.95. The maximum Gasteiger partial charge on any atom is 0.128 e. The molecule has 0 aliphatic rings. The minimum Gasteiger partial charge on any atom is -0.380 e. The zero-order chi connectivity index (χ0) is 13.7. The molecule has 0 aromatic carbocycles. The zero-order valence-corrected chi connectivity index (χ0v) is 13.6. The molecule has 5 heteroatoms. The number of nitrogens with one attached hydrogen (secondary N) is 1. The highest BCUT2D eigenvalue weighted by Gasteiger charge is 2.03. The van der Waals surface area contributed by atoms with Crippen molar-refractivity contribution >= 4 is 38.8 Å². The van der Waals surface area contributed by atoms with E-state index in [9.17, 15) is 0 Å². The van der Waals surface area contributed by atoms with E-state index >= 15 is 0 Å². The Morgan fingerprint density at radius 3 is 2.63 bits per heavy atom. The number of nitrogens with zero attached hydrogens (tertiary/aromatic N) is 2. The molecule has 2 aromatic heterocycles. The quantitative estimate of drug-likeness (QED) is 0.847. The summed E-state index contributed by atoms with van der Waals surface area (Å²) in [5, 5.41) is 5.53. The molecule has 102 valence electrons. The molecule has 0 fully saturated rings. The van der Waals surface area contributed by atoms with Crippen molar-refractivity contribution in [3.05, 3.63) is 39.1 Å². The first-order chi connectivity index (χ1) is 9.22. The number of hydrogen-bond acceptors (Lipinski definition) is 4. The van der Waals surface area contributed by atoms with Crippen LogP contribution in [-0.2, 0) is 6.54 Å². The highest BCUT2D eigenvalue weighted by atomic mass is 79.9. The molecule has 2 heterocycles. The summed E-state index contributed by atoms with van der Waals surface area (Å²) < 4.78 is 1.17. The van der Waals surface area contributed by atoms with E-state index in [-0.39, 0.29) is 0 Å². The predicted octanol–water partition coefficient (Wildman–Crippen LogP) is 4.36. The van der Waals surface area contributed by atoms with Crippen LogP contribution in [0.1, 0.15) is 19.4 Å². The Bertz CT molecular complexity index is 506. The first-order valence-electron chi connectivity index (χ1n) is 6.40. The smallest absolute Gasteiger partial charge is 0.128 e. The van der Waals surface area contributed by atoms with Gasteiger partial charge in [-0.2, -0.15) is 0 Å². The summed E-state index contributed by atoms with van der Waals surface area (Å²) in [5.74, 6) is 1.04. The summed E-state index contributed by atoms with van der Waals surface area (Å²) in [4.78, 5) is 6.73. The monoisotopic (exact) mass is 339 g/mol. The summed E-state index contributed by atoms with van der Waals surface area (Å²) >= 11 is 5.18. The van der Waals surface area contributed by atoms with Crippen molar-refractivity contribution < 1.29 is 0 Å². The second-order valence-electron chi connectivity index (χ2n) is 4.19. The Kier molecular flexibility index (Phi) is 5.22. The van der Waals surface area contributed by atoms with Crippen molar-refractivity contribution in [3.8, 4) is 0 Å². The summed E-state index contributed by atoms with van der Waals surface area (Å²) in [6.45, 7) is 7.09. The van der Waals surface area contributed by atoms with Crippen LogP contribution in [0.4, 0.5) is 11.5 Å². The first kappa shape index (κ1) is 14.3. The average Bonchev–Trinajstić information content (AvgIpc) is 2.85. The maximum absolute atomic E-state index is 4.49. The Labute approximate surface area is 126 Å². The number of aromatic nitrogens is 1. The maximum atomic E-state index is 4.49. The summed E-state index contributed by atoms with van der Waals surface area (Å²) in [5.41, 5.74) is 2.34. The number of rotatable bonds is 6. The van der Waals surface area contributed by atoms with Crippen LogP contribution < -0.4 is 10.2 Å². The van der Waals surface area contributed by atoms with Crippen molar-refractivity contribution in [3.63, 3.8) is 0 Å². The Hall–Kier alpha value is -1.07. The molecule has 0 atom stereocenters. The SMILES string of the molecule is CCN(CC)c1ccc(NCc2csc(Br)c2)cn1. The topological polar surface area (TPSA) is 28.2 Å². The van der Waals surface area contributed by atoms with Gasteiger partial charge in [-0.1, -0.05) is 0 Å². The fourth-order valence-electron chi connectivity index (χ4n) is 1.87. The molecular weight excluding hydrogens is 322 g/mol. The third-order valence-electron chi connectivity index (χ3n) is 2.95. The van der Waals surface area contributed by atoms with E-state index in [0.717, 1.165) is 31.1 Å². The fourth-order valence-corrected chi connectivity index (χ4v) is 3.08. The molecule has 0 amide bonds. The third kappa shape index (κ3) is 3.94. The van der Waals surface area contributed by atoms with Crippen molar-refractivity contribution in [1.82, 2.24) is 4.98 Å². The van der Waals surface area contributed by atoms with Gasteiger partial charge in [0, 0.05) is 19.6 Å². The minimum atomic E-state index is 0.828. The Morgan fingerprint density at radius 2 is 2.11 bits per heavy atom. The summed E-state index contributed by atoms with van der Waals surface area (Å²) in [6, 6.07) is 6.29. The number of thiophene rings is 1. The van der Waals surface area contributed by atoms with E-state index in [0.29, 0.717) is 0 Å². The molecule has 0 saturated carbocycles.